The Morgan fingerprint density at radius 3 is 2.03 bits per heavy atom. The van der Waals surface area contributed by atoms with E-state index in [1.54, 1.807) is 31.4 Å². The number of carbonyl (C=O) groups excluding carboxylic acids is 4. The van der Waals surface area contributed by atoms with Crippen LogP contribution in [0.15, 0.2) is 54.6 Å². The van der Waals surface area contributed by atoms with Crippen LogP contribution >= 0.6 is 0 Å². The Kier molecular flexibility index (Phi) is 8.97. The number of ketones is 1. The zero-order chi connectivity index (χ0) is 25.4. The number of ether oxygens (including phenoxy) is 2. The molecule has 4 atom stereocenters. The molecule has 9 heteroatoms. The van der Waals surface area contributed by atoms with Gasteiger partial charge in [0.05, 0.1) is 19.8 Å². The number of methoxy groups -OCH3 is 1. The van der Waals surface area contributed by atoms with Gasteiger partial charge in [-0.1, -0.05) is 42.5 Å². The van der Waals surface area contributed by atoms with Gasteiger partial charge in [-0.3, -0.25) is 19.2 Å². The van der Waals surface area contributed by atoms with Crippen LogP contribution in [0, 0.1) is 0 Å². The van der Waals surface area contributed by atoms with E-state index in [1.165, 1.54) is 13.8 Å². The lowest BCUT2D eigenvalue weighted by Gasteiger charge is -2.24. The fraction of sp³-hybridized carbons (Fsp3) is 0.385. The summed E-state index contributed by atoms with van der Waals surface area (Å²) in [6.07, 6.45) is -0.0458. The molecule has 0 radical (unpaired) electrons. The van der Waals surface area contributed by atoms with E-state index < -0.39 is 36.0 Å². The average Bonchev–Trinajstić information content (AvgIpc) is 3.69. The van der Waals surface area contributed by atoms with Crippen molar-refractivity contribution >= 4 is 23.5 Å². The summed E-state index contributed by atoms with van der Waals surface area (Å²) in [6, 6.07) is 13.9. The summed E-state index contributed by atoms with van der Waals surface area (Å²) in [4.78, 5) is 50.3. The highest BCUT2D eigenvalue weighted by Crippen LogP contribution is 2.16. The number of nitrogens with one attached hydrogen (secondary N) is 3. The minimum absolute atomic E-state index is 0.181. The van der Waals surface area contributed by atoms with E-state index in [4.69, 9.17) is 9.47 Å². The van der Waals surface area contributed by atoms with Crippen molar-refractivity contribution in [3.63, 3.8) is 0 Å². The van der Waals surface area contributed by atoms with Crippen LogP contribution in [0.4, 0.5) is 0 Å². The second kappa shape index (κ2) is 12.1. The third kappa shape index (κ3) is 7.92. The van der Waals surface area contributed by atoms with Crippen molar-refractivity contribution in [2.75, 3.05) is 13.7 Å². The maximum atomic E-state index is 13.4. The van der Waals surface area contributed by atoms with Crippen LogP contribution in [0.25, 0.3) is 0 Å². The highest BCUT2D eigenvalue weighted by molar-refractivity contribution is 5.96. The predicted molar refractivity (Wildman–Crippen MR) is 129 cm³/mol. The van der Waals surface area contributed by atoms with Gasteiger partial charge in [0.25, 0.3) is 0 Å². The summed E-state index contributed by atoms with van der Waals surface area (Å²) in [5, 5.41) is 8.04. The maximum Gasteiger partial charge on any atom is 0.243 e. The van der Waals surface area contributed by atoms with Gasteiger partial charge in [-0.25, -0.2) is 0 Å². The van der Waals surface area contributed by atoms with Crippen LogP contribution in [0.1, 0.15) is 25.0 Å². The molecule has 1 heterocycles. The first kappa shape index (κ1) is 25.9. The highest BCUT2D eigenvalue weighted by atomic mass is 16.6. The fourth-order valence-corrected chi connectivity index (χ4v) is 3.66. The fourth-order valence-electron chi connectivity index (χ4n) is 3.66. The quantitative estimate of drug-likeness (QED) is 0.388. The van der Waals surface area contributed by atoms with Gasteiger partial charge in [-0.2, -0.15) is 0 Å². The van der Waals surface area contributed by atoms with Crippen LogP contribution in [-0.2, 0) is 36.8 Å². The lowest BCUT2D eigenvalue weighted by molar-refractivity contribution is -0.133. The molecule has 0 unspecified atom stereocenters. The number of hydrogen-bond acceptors (Lipinski definition) is 6. The van der Waals surface area contributed by atoms with Gasteiger partial charge in [-0.15, -0.1) is 0 Å². The van der Waals surface area contributed by atoms with Crippen molar-refractivity contribution in [3.8, 4) is 5.75 Å². The van der Waals surface area contributed by atoms with Crippen LogP contribution < -0.4 is 20.7 Å². The number of hydrogen-bond donors (Lipinski definition) is 3. The smallest absolute Gasteiger partial charge is 0.243 e. The number of benzene rings is 2. The summed E-state index contributed by atoms with van der Waals surface area (Å²) in [5.41, 5.74) is 1.68. The van der Waals surface area contributed by atoms with E-state index in [-0.39, 0.29) is 18.1 Å². The zero-order valence-corrected chi connectivity index (χ0v) is 20.1. The predicted octanol–water partition coefficient (Wildman–Crippen LogP) is 0.943. The molecular weight excluding hydrogens is 450 g/mol. The molecule has 1 fully saturated rings. The molecule has 1 aliphatic heterocycles. The largest absolute Gasteiger partial charge is 0.497 e. The molecule has 9 nitrogen and oxygen atoms in total. The second-order valence-electron chi connectivity index (χ2n) is 8.51. The first-order chi connectivity index (χ1) is 16.8. The van der Waals surface area contributed by atoms with Gasteiger partial charge >= 0.3 is 0 Å². The molecular formula is C26H31N3O6. The molecule has 2 aromatic rings. The van der Waals surface area contributed by atoms with Gasteiger partial charge in [0.2, 0.25) is 17.7 Å². The van der Waals surface area contributed by atoms with Crippen molar-refractivity contribution in [1.29, 1.82) is 0 Å². The standard InChI is InChI=1S/C26H31N3O6/c1-16(27-17(2)30)25(32)29-22(14-19-9-11-20(34-3)12-10-19)26(33)28-21(24(31)23-15-35-23)13-18-7-5-4-6-8-18/h4-12,16,21-23H,13-15H2,1-3H3,(H,27,30)(H,28,33)(H,29,32)/t16-,21-,22-,23+/m0/s1. The molecule has 2 aromatic carbocycles. The summed E-state index contributed by atoms with van der Waals surface area (Å²) in [5.74, 6) is -0.912. The number of epoxide rings is 1. The van der Waals surface area contributed by atoms with Gasteiger partial charge in [0.1, 0.15) is 23.9 Å². The maximum absolute atomic E-state index is 13.4. The Labute approximate surface area is 204 Å². The monoisotopic (exact) mass is 481 g/mol. The molecule has 0 spiro atoms. The van der Waals surface area contributed by atoms with Crippen LogP contribution in [0.2, 0.25) is 0 Å². The number of rotatable bonds is 12. The summed E-state index contributed by atoms with van der Waals surface area (Å²) >= 11 is 0. The molecule has 3 rings (SSSR count). The van der Waals surface area contributed by atoms with Crippen molar-refractivity contribution < 1.29 is 28.7 Å². The van der Waals surface area contributed by atoms with Crippen molar-refractivity contribution in [1.82, 2.24) is 16.0 Å². The Morgan fingerprint density at radius 2 is 1.46 bits per heavy atom. The van der Waals surface area contributed by atoms with E-state index in [2.05, 4.69) is 16.0 Å². The molecule has 3 N–H and O–H groups in total. The molecule has 0 saturated carbocycles. The zero-order valence-electron chi connectivity index (χ0n) is 20.1. The van der Waals surface area contributed by atoms with Crippen LogP contribution in [0.3, 0.4) is 0 Å². The van der Waals surface area contributed by atoms with Crippen molar-refractivity contribution in [2.45, 2.75) is 50.9 Å². The van der Waals surface area contributed by atoms with E-state index in [0.29, 0.717) is 18.8 Å². The molecule has 0 aromatic heterocycles. The van der Waals surface area contributed by atoms with E-state index in [9.17, 15) is 19.2 Å². The SMILES string of the molecule is COc1ccc(C[C@H](NC(=O)[C@H](C)NC(C)=O)C(=O)N[C@@H](Cc2ccccc2)C(=O)[C@H]2CO2)cc1. The number of Topliss-reactive ketones (excluding diaryl/α,β-unsaturated/α-hetero) is 1. The minimum Gasteiger partial charge on any atom is -0.497 e. The topological polar surface area (TPSA) is 126 Å². The van der Waals surface area contributed by atoms with Crippen LogP contribution in [0.5, 0.6) is 5.75 Å². The highest BCUT2D eigenvalue weighted by Gasteiger charge is 2.38. The number of carbonyl (C=O) groups is 4. The van der Waals surface area contributed by atoms with E-state index in [0.717, 1.165) is 11.1 Å². The molecule has 186 valence electrons. The third-order valence-electron chi connectivity index (χ3n) is 5.64. The Hall–Kier alpha value is -3.72. The van der Waals surface area contributed by atoms with E-state index in [1.807, 2.05) is 30.3 Å². The summed E-state index contributed by atoms with van der Waals surface area (Å²) in [6.45, 7) is 3.18. The Morgan fingerprint density at radius 1 is 0.886 bits per heavy atom. The average molecular weight is 482 g/mol. The number of amides is 3. The van der Waals surface area contributed by atoms with Crippen molar-refractivity contribution in [2.24, 2.45) is 0 Å². The first-order valence-electron chi connectivity index (χ1n) is 11.5. The molecule has 1 aliphatic rings. The Balaban J connectivity index is 1.78. The van der Waals surface area contributed by atoms with Crippen LogP contribution in [-0.4, -0.2) is 61.5 Å². The summed E-state index contributed by atoms with van der Waals surface area (Å²) in [7, 11) is 1.56. The van der Waals surface area contributed by atoms with Gasteiger partial charge in [0, 0.05) is 13.3 Å². The lowest BCUT2D eigenvalue weighted by Crippen LogP contribution is -2.56. The Bertz CT molecular complexity index is 1040. The van der Waals surface area contributed by atoms with E-state index >= 15 is 0 Å². The second-order valence-corrected chi connectivity index (χ2v) is 8.51. The summed E-state index contributed by atoms with van der Waals surface area (Å²) < 4.78 is 10.3. The minimum atomic E-state index is -0.974. The third-order valence-corrected chi connectivity index (χ3v) is 5.64. The first-order valence-corrected chi connectivity index (χ1v) is 11.5. The normalized spacial score (nSPS) is 16.8. The van der Waals surface area contributed by atoms with Crippen molar-refractivity contribution in [3.05, 3.63) is 65.7 Å². The molecule has 1 saturated heterocycles. The lowest BCUT2D eigenvalue weighted by atomic mass is 9.99. The molecule has 35 heavy (non-hydrogen) atoms. The molecule has 0 bridgehead atoms. The van der Waals surface area contributed by atoms with Gasteiger partial charge < -0.3 is 25.4 Å². The van der Waals surface area contributed by atoms with Gasteiger partial charge in [-0.05, 0) is 36.6 Å². The van der Waals surface area contributed by atoms with Gasteiger partial charge in [0.15, 0.2) is 5.78 Å². The molecule has 3 amide bonds. The molecule has 0 aliphatic carbocycles.